The number of likely N-dealkylation sites (tertiary alicyclic amines) is 1. The molecule has 3 fully saturated rings. The minimum atomic E-state index is 0.673. The molecule has 1 aromatic carbocycles. The normalized spacial score (nSPS) is 32.1. The molecule has 4 heteroatoms. The summed E-state index contributed by atoms with van der Waals surface area (Å²) < 4.78 is 0. The molecule has 3 aliphatic rings. The average Bonchev–Trinajstić information content (AvgIpc) is 3.09. The summed E-state index contributed by atoms with van der Waals surface area (Å²) in [5.74, 6) is 4.35. The van der Waals surface area contributed by atoms with E-state index >= 15 is 0 Å². The van der Waals surface area contributed by atoms with Gasteiger partial charge >= 0.3 is 0 Å². The van der Waals surface area contributed by atoms with Gasteiger partial charge in [-0.05, 0) is 49.4 Å². The molecule has 1 saturated carbocycles. The maximum atomic E-state index is 3.86. The Hall–Kier alpha value is -0.710. The van der Waals surface area contributed by atoms with Crippen LogP contribution in [0.15, 0.2) is 24.3 Å². The highest BCUT2D eigenvalue weighted by Crippen LogP contribution is 2.39. The number of benzene rings is 1. The zero-order chi connectivity index (χ0) is 15.6. The van der Waals surface area contributed by atoms with Crippen LogP contribution in [0.2, 0.25) is 0 Å². The fourth-order valence-electron chi connectivity index (χ4n) is 4.66. The van der Waals surface area contributed by atoms with Crippen molar-refractivity contribution in [2.75, 3.05) is 50.0 Å². The molecule has 0 bridgehead atoms. The van der Waals surface area contributed by atoms with Crippen molar-refractivity contribution in [2.45, 2.75) is 25.4 Å². The van der Waals surface area contributed by atoms with Gasteiger partial charge in [-0.2, -0.15) is 11.8 Å². The van der Waals surface area contributed by atoms with E-state index in [1.165, 1.54) is 61.8 Å². The lowest BCUT2D eigenvalue weighted by Gasteiger charge is -2.26. The zero-order valence-electron chi connectivity index (χ0n) is 14.2. The molecule has 0 spiro atoms. The van der Waals surface area contributed by atoms with Gasteiger partial charge in [-0.1, -0.05) is 12.1 Å². The van der Waals surface area contributed by atoms with Gasteiger partial charge < -0.3 is 10.2 Å². The zero-order valence-corrected chi connectivity index (χ0v) is 15.0. The Morgan fingerprint density at radius 1 is 1.17 bits per heavy atom. The summed E-state index contributed by atoms with van der Waals surface area (Å²) in [6.45, 7) is 6.15. The molecular weight excluding hydrogens is 302 g/mol. The topological polar surface area (TPSA) is 18.5 Å². The van der Waals surface area contributed by atoms with Gasteiger partial charge in [0.05, 0.1) is 0 Å². The van der Waals surface area contributed by atoms with Gasteiger partial charge in [-0.15, -0.1) is 0 Å². The molecule has 1 aromatic rings. The largest absolute Gasteiger partial charge is 0.382 e. The molecule has 2 aliphatic heterocycles. The number of hydrogen-bond donors (Lipinski definition) is 1. The molecule has 0 amide bonds. The number of nitrogens with one attached hydrogen (secondary N) is 1. The van der Waals surface area contributed by atoms with Gasteiger partial charge in [-0.25, -0.2) is 0 Å². The number of rotatable bonds is 4. The highest BCUT2D eigenvalue weighted by molar-refractivity contribution is 7.99. The number of thioether (sulfide) groups is 1. The highest BCUT2D eigenvalue weighted by Gasteiger charge is 2.41. The third-order valence-corrected chi connectivity index (χ3v) is 6.77. The lowest BCUT2D eigenvalue weighted by Crippen LogP contribution is -2.32. The second kappa shape index (κ2) is 7.04. The van der Waals surface area contributed by atoms with E-state index in [0.717, 1.165) is 18.4 Å². The molecule has 2 heterocycles. The van der Waals surface area contributed by atoms with Gasteiger partial charge in [0.15, 0.2) is 0 Å². The molecule has 126 valence electrons. The van der Waals surface area contributed by atoms with E-state index in [0.29, 0.717) is 6.04 Å². The van der Waals surface area contributed by atoms with Crippen molar-refractivity contribution in [1.29, 1.82) is 0 Å². The Morgan fingerprint density at radius 2 is 2.04 bits per heavy atom. The van der Waals surface area contributed by atoms with Gasteiger partial charge in [0.25, 0.3) is 0 Å². The van der Waals surface area contributed by atoms with Gasteiger partial charge in [0, 0.05) is 56.0 Å². The van der Waals surface area contributed by atoms with Crippen LogP contribution in [-0.4, -0.2) is 60.6 Å². The number of anilines is 1. The Morgan fingerprint density at radius 3 is 2.91 bits per heavy atom. The lowest BCUT2D eigenvalue weighted by atomic mass is 9.97. The van der Waals surface area contributed by atoms with Crippen molar-refractivity contribution in [1.82, 2.24) is 9.80 Å². The molecule has 3 nitrogen and oxygen atoms in total. The maximum absolute atomic E-state index is 3.86. The van der Waals surface area contributed by atoms with Crippen LogP contribution in [0, 0.1) is 11.8 Å². The molecule has 1 aliphatic carbocycles. The first-order chi connectivity index (χ1) is 11.3. The number of hydrogen-bond acceptors (Lipinski definition) is 4. The molecule has 3 atom stereocenters. The van der Waals surface area contributed by atoms with Crippen LogP contribution in [0.3, 0.4) is 0 Å². The first-order valence-corrected chi connectivity index (χ1v) is 10.3. The van der Waals surface area contributed by atoms with Crippen LogP contribution in [-0.2, 0) is 6.54 Å². The van der Waals surface area contributed by atoms with Crippen molar-refractivity contribution >= 4 is 17.4 Å². The van der Waals surface area contributed by atoms with E-state index in [4.69, 9.17) is 0 Å². The Balaban J connectivity index is 1.38. The van der Waals surface area contributed by atoms with Crippen molar-refractivity contribution < 1.29 is 0 Å². The van der Waals surface area contributed by atoms with E-state index in [2.05, 4.69) is 58.2 Å². The minimum Gasteiger partial charge on any atom is -0.382 e. The third-order valence-electron chi connectivity index (χ3n) is 5.83. The first-order valence-electron chi connectivity index (χ1n) is 9.12. The average molecular weight is 332 g/mol. The SMILES string of the molecule is CN1C[C@@H]2CCC(Nc3cccc(CN4CCSCC4)c3)[C@@H]2C1. The highest BCUT2D eigenvalue weighted by atomic mass is 32.2. The van der Waals surface area contributed by atoms with Crippen LogP contribution in [0.1, 0.15) is 18.4 Å². The van der Waals surface area contributed by atoms with Crippen LogP contribution in [0.4, 0.5) is 5.69 Å². The summed E-state index contributed by atoms with van der Waals surface area (Å²) >= 11 is 2.08. The minimum absolute atomic E-state index is 0.673. The van der Waals surface area contributed by atoms with Crippen molar-refractivity contribution in [3.8, 4) is 0 Å². The molecule has 2 saturated heterocycles. The fourth-order valence-corrected chi connectivity index (χ4v) is 5.64. The van der Waals surface area contributed by atoms with E-state index in [1.54, 1.807) is 0 Å². The summed E-state index contributed by atoms with van der Waals surface area (Å²) in [6.07, 6.45) is 2.74. The second-order valence-electron chi connectivity index (χ2n) is 7.56. The molecule has 1 N–H and O–H groups in total. The monoisotopic (exact) mass is 331 g/mol. The predicted molar refractivity (Wildman–Crippen MR) is 100 cm³/mol. The molecule has 4 rings (SSSR count). The number of fused-ring (bicyclic) bond motifs is 1. The molecule has 1 unspecified atom stereocenters. The van der Waals surface area contributed by atoms with Gasteiger partial charge in [-0.3, -0.25) is 4.90 Å². The molecule has 23 heavy (non-hydrogen) atoms. The predicted octanol–water partition coefficient (Wildman–Crippen LogP) is 2.99. The summed E-state index contributed by atoms with van der Waals surface area (Å²) in [6, 6.07) is 9.82. The lowest BCUT2D eigenvalue weighted by molar-refractivity contribution is 0.294. The van der Waals surface area contributed by atoms with Crippen LogP contribution in [0.5, 0.6) is 0 Å². The molecule has 0 aromatic heterocycles. The summed E-state index contributed by atoms with van der Waals surface area (Å²) in [7, 11) is 2.27. The van der Waals surface area contributed by atoms with Crippen molar-refractivity contribution in [2.24, 2.45) is 11.8 Å². The van der Waals surface area contributed by atoms with E-state index in [9.17, 15) is 0 Å². The smallest absolute Gasteiger partial charge is 0.0345 e. The molecule has 0 radical (unpaired) electrons. The second-order valence-corrected chi connectivity index (χ2v) is 8.79. The summed E-state index contributed by atoms with van der Waals surface area (Å²) in [4.78, 5) is 5.10. The van der Waals surface area contributed by atoms with Crippen molar-refractivity contribution in [3.63, 3.8) is 0 Å². The Labute approximate surface area is 144 Å². The number of nitrogens with zero attached hydrogens (tertiary/aromatic N) is 2. The maximum Gasteiger partial charge on any atom is 0.0345 e. The van der Waals surface area contributed by atoms with Crippen LogP contribution < -0.4 is 5.32 Å². The van der Waals surface area contributed by atoms with E-state index in [-0.39, 0.29) is 0 Å². The standard InChI is InChI=1S/C19H29N3S/c1-21-13-16-5-6-19(18(16)14-21)20-17-4-2-3-15(11-17)12-22-7-9-23-10-8-22/h2-4,11,16,18-20H,5-10,12-14H2,1H3/t16-,18+,19?/m0/s1. The fraction of sp³-hybridized carbons (Fsp3) is 0.684. The quantitative estimate of drug-likeness (QED) is 0.914. The Kier molecular flexibility index (Phi) is 4.83. The molecular formula is C19H29N3S. The van der Waals surface area contributed by atoms with E-state index < -0.39 is 0 Å². The summed E-state index contributed by atoms with van der Waals surface area (Å²) in [5, 5.41) is 3.86. The van der Waals surface area contributed by atoms with Crippen molar-refractivity contribution in [3.05, 3.63) is 29.8 Å². The van der Waals surface area contributed by atoms with E-state index in [1.807, 2.05) is 0 Å². The van der Waals surface area contributed by atoms with Gasteiger partial charge in [0.1, 0.15) is 0 Å². The van der Waals surface area contributed by atoms with Crippen LogP contribution >= 0.6 is 11.8 Å². The first kappa shape index (κ1) is 15.8. The van der Waals surface area contributed by atoms with Gasteiger partial charge in [0.2, 0.25) is 0 Å². The van der Waals surface area contributed by atoms with Crippen LogP contribution in [0.25, 0.3) is 0 Å². The Bertz CT molecular complexity index is 529. The summed E-state index contributed by atoms with van der Waals surface area (Å²) in [5.41, 5.74) is 2.79. The third kappa shape index (κ3) is 3.70.